The van der Waals surface area contributed by atoms with Crippen molar-refractivity contribution >= 4 is 11.6 Å². The molecule has 1 aliphatic carbocycles. The maximum atomic E-state index is 4.64. The van der Waals surface area contributed by atoms with E-state index in [1.165, 1.54) is 49.8 Å². The summed E-state index contributed by atoms with van der Waals surface area (Å²) in [6.45, 7) is 4.47. The number of hydrogen-bond acceptors (Lipinski definition) is 6. The van der Waals surface area contributed by atoms with Crippen LogP contribution >= 0.6 is 0 Å². The number of nitrogens with zero attached hydrogens (tertiary/aromatic N) is 7. The zero-order chi connectivity index (χ0) is 19.1. The maximum absolute atomic E-state index is 4.64. The van der Waals surface area contributed by atoms with Gasteiger partial charge in [-0.25, -0.2) is 9.97 Å². The van der Waals surface area contributed by atoms with Crippen molar-refractivity contribution in [3.05, 3.63) is 29.8 Å². The maximum Gasteiger partial charge on any atom is 0.134 e. The molecule has 2 fully saturated rings. The normalized spacial score (nSPS) is 20.4. The number of hydrogen-bond donors (Lipinski definition) is 0. The lowest BCUT2D eigenvalue weighted by Gasteiger charge is -2.39. The Labute approximate surface area is 167 Å². The number of fused-ring (bicyclic) bond motifs is 1. The SMILES string of the molecule is CN(C)c1cc(N(C2CC2)C2CCN(Cc3cnn4c3CCC4)CC2)ncn1. The minimum Gasteiger partial charge on any atom is -0.363 e. The lowest BCUT2D eigenvalue weighted by Crippen LogP contribution is -2.46. The molecule has 0 unspecified atom stereocenters. The zero-order valence-electron chi connectivity index (χ0n) is 17.1. The Morgan fingerprint density at radius 3 is 2.50 bits per heavy atom. The van der Waals surface area contributed by atoms with Gasteiger partial charge in [-0.15, -0.1) is 0 Å². The van der Waals surface area contributed by atoms with Gasteiger partial charge in [-0.3, -0.25) is 9.58 Å². The van der Waals surface area contributed by atoms with Gasteiger partial charge in [-0.05, 0) is 38.5 Å². The van der Waals surface area contributed by atoms with Crippen LogP contribution in [0.5, 0.6) is 0 Å². The predicted octanol–water partition coefficient (Wildman–Crippen LogP) is 2.32. The molecule has 5 rings (SSSR count). The molecule has 0 spiro atoms. The summed E-state index contributed by atoms with van der Waals surface area (Å²) in [6, 6.07) is 3.41. The van der Waals surface area contributed by atoms with Gasteiger partial charge in [0.15, 0.2) is 0 Å². The van der Waals surface area contributed by atoms with Crippen molar-refractivity contribution in [1.29, 1.82) is 0 Å². The van der Waals surface area contributed by atoms with Crippen molar-refractivity contribution in [3.63, 3.8) is 0 Å². The number of aryl methyl sites for hydroxylation is 1. The van der Waals surface area contributed by atoms with E-state index in [9.17, 15) is 0 Å². The molecule has 2 aliphatic heterocycles. The second-order valence-corrected chi connectivity index (χ2v) is 8.72. The highest BCUT2D eigenvalue weighted by molar-refractivity contribution is 5.51. The van der Waals surface area contributed by atoms with Crippen LogP contribution in [-0.4, -0.2) is 63.9 Å². The second kappa shape index (κ2) is 7.35. The zero-order valence-corrected chi connectivity index (χ0v) is 17.1. The largest absolute Gasteiger partial charge is 0.363 e. The summed E-state index contributed by atoms with van der Waals surface area (Å²) in [4.78, 5) is 16.3. The van der Waals surface area contributed by atoms with Crippen molar-refractivity contribution in [2.75, 3.05) is 37.0 Å². The first-order valence-corrected chi connectivity index (χ1v) is 10.7. The van der Waals surface area contributed by atoms with Gasteiger partial charge in [0.1, 0.15) is 18.0 Å². The van der Waals surface area contributed by atoms with Crippen LogP contribution < -0.4 is 9.80 Å². The van der Waals surface area contributed by atoms with E-state index in [1.807, 2.05) is 14.1 Å². The quantitative estimate of drug-likeness (QED) is 0.765. The van der Waals surface area contributed by atoms with Crippen LogP contribution in [0.25, 0.3) is 0 Å². The summed E-state index contributed by atoms with van der Waals surface area (Å²) in [5.74, 6) is 2.09. The predicted molar refractivity (Wildman–Crippen MR) is 111 cm³/mol. The van der Waals surface area contributed by atoms with E-state index in [0.717, 1.165) is 37.8 Å². The van der Waals surface area contributed by atoms with Gasteiger partial charge in [0, 0.05) is 69.7 Å². The molecule has 7 heteroatoms. The average Bonchev–Trinajstić information content (AvgIpc) is 3.29. The highest BCUT2D eigenvalue weighted by atomic mass is 15.3. The number of rotatable bonds is 6. The molecule has 1 saturated carbocycles. The molecule has 2 aromatic rings. The van der Waals surface area contributed by atoms with Gasteiger partial charge >= 0.3 is 0 Å². The fraction of sp³-hybridized carbons (Fsp3) is 0.667. The summed E-state index contributed by atoms with van der Waals surface area (Å²) in [5.41, 5.74) is 2.92. The van der Waals surface area contributed by atoms with Gasteiger partial charge in [-0.1, -0.05) is 0 Å². The third-order valence-corrected chi connectivity index (χ3v) is 6.46. The lowest BCUT2D eigenvalue weighted by molar-refractivity contribution is 0.200. The van der Waals surface area contributed by atoms with Crippen LogP contribution in [0.1, 0.15) is 43.4 Å². The third kappa shape index (κ3) is 3.48. The average molecular weight is 382 g/mol. The number of likely N-dealkylation sites (tertiary alicyclic amines) is 1. The fourth-order valence-corrected chi connectivity index (χ4v) is 4.80. The van der Waals surface area contributed by atoms with E-state index in [1.54, 1.807) is 6.33 Å². The first-order valence-electron chi connectivity index (χ1n) is 10.7. The molecule has 28 heavy (non-hydrogen) atoms. The lowest BCUT2D eigenvalue weighted by atomic mass is 10.0. The Kier molecular flexibility index (Phi) is 4.70. The van der Waals surface area contributed by atoms with Crippen LogP contribution in [0.2, 0.25) is 0 Å². The number of piperidine rings is 1. The van der Waals surface area contributed by atoms with E-state index in [2.05, 4.69) is 46.7 Å². The molecule has 0 aromatic carbocycles. The van der Waals surface area contributed by atoms with Crippen LogP contribution in [0, 0.1) is 0 Å². The molecule has 1 saturated heterocycles. The molecule has 0 atom stereocenters. The van der Waals surface area contributed by atoms with Crippen molar-refractivity contribution < 1.29 is 0 Å². The molecule has 4 heterocycles. The first-order chi connectivity index (χ1) is 13.7. The molecular formula is C21H31N7. The molecular weight excluding hydrogens is 350 g/mol. The van der Waals surface area contributed by atoms with Crippen molar-refractivity contribution in [3.8, 4) is 0 Å². The smallest absolute Gasteiger partial charge is 0.134 e. The Morgan fingerprint density at radius 1 is 1.00 bits per heavy atom. The van der Waals surface area contributed by atoms with E-state index < -0.39 is 0 Å². The summed E-state index contributed by atoms with van der Waals surface area (Å²) >= 11 is 0. The molecule has 150 valence electrons. The third-order valence-electron chi connectivity index (χ3n) is 6.46. The van der Waals surface area contributed by atoms with E-state index in [4.69, 9.17) is 0 Å². The van der Waals surface area contributed by atoms with E-state index >= 15 is 0 Å². The molecule has 7 nitrogen and oxygen atoms in total. The van der Waals surface area contributed by atoms with Gasteiger partial charge in [0.25, 0.3) is 0 Å². The monoisotopic (exact) mass is 381 g/mol. The molecule has 0 bridgehead atoms. The molecule has 3 aliphatic rings. The topological polar surface area (TPSA) is 53.3 Å². The van der Waals surface area contributed by atoms with Crippen LogP contribution in [-0.2, 0) is 19.5 Å². The highest BCUT2D eigenvalue weighted by Crippen LogP contribution is 2.36. The second-order valence-electron chi connectivity index (χ2n) is 8.72. The summed E-state index contributed by atoms with van der Waals surface area (Å²) < 4.78 is 2.20. The van der Waals surface area contributed by atoms with E-state index in [-0.39, 0.29) is 0 Å². The Bertz CT molecular complexity index is 818. The first kappa shape index (κ1) is 17.9. The molecule has 2 aromatic heterocycles. The van der Waals surface area contributed by atoms with Gasteiger partial charge < -0.3 is 9.80 Å². The molecule has 0 amide bonds. The number of aromatic nitrogens is 4. The van der Waals surface area contributed by atoms with Gasteiger partial charge in [-0.2, -0.15) is 5.10 Å². The Hall–Kier alpha value is -2.15. The fourth-order valence-electron chi connectivity index (χ4n) is 4.80. The summed E-state index contributed by atoms with van der Waals surface area (Å²) in [5, 5.41) is 4.56. The minimum atomic E-state index is 0.589. The Morgan fingerprint density at radius 2 is 1.75 bits per heavy atom. The van der Waals surface area contributed by atoms with Crippen LogP contribution in [0.3, 0.4) is 0 Å². The molecule has 0 radical (unpaired) electrons. The molecule has 0 N–H and O–H groups in total. The van der Waals surface area contributed by atoms with E-state index in [0.29, 0.717) is 12.1 Å². The van der Waals surface area contributed by atoms with Gasteiger partial charge in [0.05, 0.1) is 6.20 Å². The van der Waals surface area contributed by atoms with Crippen molar-refractivity contribution in [1.82, 2.24) is 24.6 Å². The van der Waals surface area contributed by atoms with Crippen molar-refractivity contribution in [2.45, 2.75) is 63.7 Å². The number of anilines is 2. The van der Waals surface area contributed by atoms with Crippen LogP contribution in [0.4, 0.5) is 11.6 Å². The van der Waals surface area contributed by atoms with Crippen LogP contribution in [0.15, 0.2) is 18.6 Å². The summed E-state index contributed by atoms with van der Waals surface area (Å²) in [6.07, 6.45) is 11.3. The van der Waals surface area contributed by atoms with Crippen molar-refractivity contribution in [2.24, 2.45) is 0 Å². The standard InChI is InChI=1S/C21H31N7/c1-25(2)20-12-21(23-15-22-20)28(17-5-6-17)18-7-10-26(11-8-18)14-16-13-24-27-9-3-4-19(16)27/h12-13,15,17-18H,3-11,14H2,1-2H3. The summed E-state index contributed by atoms with van der Waals surface area (Å²) in [7, 11) is 4.08. The Balaban J connectivity index is 1.25. The van der Waals surface area contributed by atoms with Gasteiger partial charge in [0.2, 0.25) is 0 Å². The highest BCUT2D eigenvalue weighted by Gasteiger charge is 2.36. The minimum absolute atomic E-state index is 0.589.